The first-order chi connectivity index (χ1) is 18.5. The molecule has 4 aromatic carbocycles. The van der Waals surface area contributed by atoms with Crippen LogP contribution in [-0.4, -0.2) is 5.43 Å². The third-order valence-electron chi connectivity index (χ3n) is 8.29. The second-order valence-corrected chi connectivity index (χ2v) is 25.4. The Labute approximate surface area is 260 Å². The fourth-order valence-electron chi connectivity index (χ4n) is 6.55. The topological polar surface area (TPSA) is 0 Å². The molecule has 40 heavy (non-hydrogen) atoms. The number of allylic oxidation sites excluding steroid dienone is 2. The normalized spacial score (nSPS) is 16.6. The van der Waals surface area contributed by atoms with Crippen LogP contribution in [0.3, 0.4) is 0 Å². The minimum Gasteiger partial charge on any atom is -1.00 e. The van der Waals surface area contributed by atoms with E-state index in [1.165, 1.54) is 11.1 Å². The molecule has 0 saturated carbocycles. The van der Waals surface area contributed by atoms with Crippen LogP contribution in [0, 0.1) is 11.8 Å². The fourth-order valence-corrected chi connectivity index (χ4v) is 32.2. The van der Waals surface area contributed by atoms with Crippen molar-refractivity contribution in [2.24, 2.45) is 11.8 Å². The molecule has 2 atom stereocenters. The zero-order chi connectivity index (χ0) is 26.2. The summed E-state index contributed by atoms with van der Waals surface area (Å²) in [6.45, 7) is 9.69. The second-order valence-electron chi connectivity index (χ2n) is 11.3. The van der Waals surface area contributed by atoms with Gasteiger partial charge in [0.2, 0.25) is 0 Å². The van der Waals surface area contributed by atoms with Crippen molar-refractivity contribution in [2.45, 2.75) is 34.9 Å². The summed E-state index contributed by atoms with van der Waals surface area (Å²) in [5.41, 5.74) is 8.49. The Morgan fingerprint density at radius 1 is 0.500 bits per heavy atom. The first kappa shape index (κ1) is 31.0. The number of halogens is 2. The monoisotopic (exact) mass is 656 g/mol. The smallest absolute Gasteiger partial charge is 1.00 e. The molecule has 2 aliphatic carbocycles. The molecule has 0 N–H and O–H groups in total. The Hall–Kier alpha value is -1.96. The average Bonchev–Trinajstić information content (AvgIpc) is 3.52. The molecule has 4 aromatic rings. The molecule has 0 spiro atoms. The summed E-state index contributed by atoms with van der Waals surface area (Å²) in [5, 5.41) is 3.19. The maximum absolute atomic E-state index is 2.57. The Morgan fingerprint density at radius 3 is 1.23 bits per heavy atom. The van der Waals surface area contributed by atoms with Crippen LogP contribution < -0.4 is 35.2 Å². The van der Waals surface area contributed by atoms with E-state index in [1.807, 2.05) is 0 Å². The van der Waals surface area contributed by atoms with Gasteiger partial charge in [-0.15, -0.1) is 0 Å². The molecule has 0 radical (unpaired) electrons. The van der Waals surface area contributed by atoms with Crippen molar-refractivity contribution in [3.05, 3.63) is 143 Å². The molecule has 0 aromatic heterocycles. The van der Waals surface area contributed by atoms with E-state index in [2.05, 4.69) is 149 Å². The van der Waals surface area contributed by atoms with Gasteiger partial charge in [-0.2, -0.15) is 0 Å². The van der Waals surface area contributed by atoms with Gasteiger partial charge in [-0.3, -0.25) is 0 Å². The summed E-state index contributed by atoms with van der Waals surface area (Å²) in [4.78, 5) is 0. The molecular weight excluding hydrogens is 623 g/mol. The number of hydrogen-bond donors (Lipinski definition) is 0. The summed E-state index contributed by atoms with van der Waals surface area (Å²) in [5.74, 6) is 1.09. The van der Waals surface area contributed by atoms with E-state index in [0.29, 0.717) is 19.1 Å². The van der Waals surface area contributed by atoms with Crippen LogP contribution in [0.1, 0.15) is 57.2 Å². The third kappa shape index (κ3) is 5.71. The molecule has 0 aliphatic heterocycles. The molecule has 0 saturated heterocycles. The molecule has 2 unspecified atom stereocenters. The Morgan fingerprint density at radius 2 is 0.850 bits per heavy atom. The van der Waals surface area contributed by atoms with E-state index in [4.69, 9.17) is 0 Å². The van der Waals surface area contributed by atoms with Gasteiger partial charge in [-0.05, 0) is 0 Å². The van der Waals surface area contributed by atoms with Gasteiger partial charge in [0.1, 0.15) is 0 Å². The first-order valence-electron chi connectivity index (χ1n) is 14.0. The summed E-state index contributed by atoms with van der Waals surface area (Å²) < 4.78 is 1.17. The van der Waals surface area contributed by atoms with Crippen LogP contribution >= 0.6 is 0 Å². The minimum absolute atomic E-state index is 0. The van der Waals surface area contributed by atoms with Crippen molar-refractivity contribution in [2.75, 3.05) is 0 Å². The van der Waals surface area contributed by atoms with Gasteiger partial charge in [0.25, 0.3) is 0 Å². The summed E-state index contributed by atoms with van der Waals surface area (Å²) in [6, 6.07) is 41.9. The van der Waals surface area contributed by atoms with Crippen molar-refractivity contribution in [1.29, 1.82) is 0 Å². The van der Waals surface area contributed by atoms with Crippen LogP contribution in [0.2, 0.25) is 0 Å². The molecule has 2 aliphatic rings. The number of rotatable bonds is 6. The molecule has 4 heteroatoms. The molecule has 0 nitrogen and oxygen atoms in total. The maximum atomic E-state index is 2.57. The number of hydrogen-bond acceptors (Lipinski definition) is 0. The molecule has 0 heterocycles. The van der Waals surface area contributed by atoms with Gasteiger partial charge < -0.3 is 24.8 Å². The largest absolute Gasteiger partial charge is 1.00 e. The van der Waals surface area contributed by atoms with Crippen LogP contribution in [0.25, 0.3) is 12.2 Å². The molecule has 0 bridgehead atoms. The SMILES string of the molecule is CC(C)C1=Cc2ccccc2[CH]1[Zr+2]([CH]1C(C(C)C)=Cc2ccccc21)=[Si](c1ccccc1)c1ccccc1.[Cl-].[Cl-]. The van der Waals surface area contributed by atoms with Crippen LogP contribution in [0.4, 0.5) is 0 Å². The van der Waals surface area contributed by atoms with Crippen molar-refractivity contribution < 1.29 is 45.2 Å². The van der Waals surface area contributed by atoms with Gasteiger partial charge in [-0.1, -0.05) is 0 Å². The van der Waals surface area contributed by atoms with Gasteiger partial charge in [-0.25, -0.2) is 0 Å². The Kier molecular flexibility index (Phi) is 10.3. The second kappa shape index (κ2) is 13.3. The average molecular weight is 659 g/mol. The maximum Gasteiger partial charge on any atom is -1.00 e. The predicted octanol–water partition coefficient (Wildman–Crippen LogP) is 2.01. The summed E-state index contributed by atoms with van der Waals surface area (Å²) in [6.07, 6.45) is 5.14. The quantitative estimate of drug-likeness (QED) is 0.279. The fraction of sp³-hybridized carbons (Fsp3) is 0.222. The zero-order valence-corrected chi connectivity index (χ0v) is 28.6. The third-order valence-corrected chi connectivity index (χ3v) is 28.8. The van der Waals surface area contributed by atoms with Gasteiger partial charge in [0.05, 0.1) is 0 Å². The van der Waals surface area contributed by atoms with E-state index in [9.17, 15) is 0 Å². The minimum atomic E-state index is -2.51. The van der Waals surface area contributed by atoms with E-state index < -0.39 is 25.8 Å². The Bertz CT molecular complexity index is 1450. The van der Waals surface area contributed by atoms with Crippen molar-refractivity contribution >= 4 is 28.0 Å². The molecule has 202 valence electrons. The van der Waals surface area contributed by atoms with Crippen LogP contribution in [0.5, 0.6) is 0 Å². The van der Waals surface area contributed by atoms with E-state index >= 15 is 0 Å². The molecule has 0 amide bonds. The molecule has 0 fully saturated rings. The standard InChI is InChI=1S/C12H10Si.2C12H13.2ClH.Zr/c1-3-7-11(8-4-1)13-12-9-5-2-6-10-12;2*1-9(2)12-7-10-5-3-4-6-11(10)8-12;;;/h1-10H;2*3-9H,1-2H3;2*1H;/q;;;;;+2/p-2. The van der Waals surface area contributed by atoms with E-state index in [-0.39, 0.29) is 24.8 Å². The van der Waals surface area contributed by atoms with Crippen molar-refractivity contribution in [3.8, 4) is 0 Å². The van der Waals surface area contributed by atoms with E-state index in [1.54, 1.807) is 32.6 Å². The van der Waals surface area contributed by atoms with Crippen molar-refractivity contribution in [3.63, 3.8) is 0 Å². The van der Waals surface area contributed by atoms with Gasteiger partial charge in [0, 0.05) is 0 Å². The summed E-state index contributed by atoms with van der Waals surface area (Å²) >= 11 is -2.51. The zero-order valence-electron chi connectivity index (χ0n) is 23.6. The number of fused-ring (bicyclic) bond motifs is 2. The molecule has 6 rings (SSSR count). The predicted molar refractivity (Wildman–Crippen MR) is 162 cm³/mol. The van der Waals surface area contributed by atoms with E-state index in [0.717, 1.165) is 0 Å². The van der Waals surface area contributed by atoms with Gasteiger partial charge >= 0.3 is 238 Å². The first-order valence-corrected chi connectivity index (χ1v) is 22.0. The number of benzene rings is 4. The van der Waals surface area contributed by atoms with Crippen LogP contribution in [-0.2, 0) is 20.4 Å². The van der Waals surface area contributed by atoms with Gasteiger partial charge in [0.15, 0.2) is 0 Å². The summed E-state index contributed by atoms with van der Waals surface area (Å²) in [7, 11) is 0. The van der Waals surface area contributed by atoms with Crippen LogP contribution in [0.15, 0.2) is 120 Å². The molecular formula is C36H36Cl2SiZr. The van der Waals surface area contributed by atoms with Crippen molar-refractivity contribution in [1.82, 2.24) is 0 Å². The Balaban J connectivity index is 0.00000185.